The first-order valence-corrected chi connectivity index (χ1v) is 12.1. The number of nitriles is 1. The Hall–Kier alpha value is -2.24. The van der Waals surface area contributed by atoms with Crippen LogP contribution in [0.25, 0.3) is 10.9 Å². The minimum Gasteiger partial charge on any atom is -0.310 e. The van der Waals surface area contributed by atoms with E-state index in [-0.39, 0.29) is 28.7 Å². The van der Waals surface area contributed by atoms with Crippen molar-refractivity contribution in [2.45, 2.75) is 69.0 Å². The number of fused-ring (bicyclic) bond motifs is 1. The van der Waals surface area contributed by atoms with Gasteiger partial charge in [0.1, 0.15) is 0 Å². The van der Waals surface area contributed by atoms with Crippen molar-refractivity contribution in [1.29, 1.82) is 5.26 Å². The fourth-order valence-electron chi connectivity index (χ4n) is 4.54. The van der Waals surface area contributed by atoms with Crippen LogP contribution in [0.5, 0.6) is 0 Å². The van der Waals surface area contributed by atoms with E-state index in [0.29, 0.717) is 37.4 Å². The molecule has 0 spiro atoms. The highest BCUT2D eigenvalue weighted by Gasteiger charge is 2.37. The Bertz CT molecular complexity index is 1170. The quantitative estimate of drug-likeness (QED) is 0.550. The lowest BCUT2D eigenvalue weighted by Crippen LogP contribution is -2.48. The Morgan fingerprint density at radius 1 is 1.26 bits per heavy atom. The van der Waals surface area contributed by atoms with Gasteiger partial charge >= 0.3 is 5.69 Å². The monoisotopic (exact) mass is 439 g/mol. The van der Waals surface area contributed by atoms with Gasteiger partial charge in [-0.3, -0.25) is 18.7 Å². The average molecular weight is 440 g/mol. The molecule has 1 saturated heterocycles. The van der Waals surface area contributed by atoms with Crippen LogP contribution in [0.4, 0.5) is 0 Å². The zero-order chi connectivity index (χ0) is 21.8. The second-order valence-corrected chi connectivity index (χ2v) is 10.7. The van der Waals surface area contributed by atoms with Crippen molar-refractivity contribution < 1.29 is 0 Å². The van der Waals surface area contributed by atoms with E-state index in [9.17, 15) is 14.9 Å². The van der Waals surface area contributed by atoms with Gasteiger partial charge in [-0.1, -0.05) is 6.92 Å². The van der Waals surface area contributed by atoms with Crippen molar-refractivity contribution in [3.63, 3.8) is 0 Å². The van der Waals surface area contributed by atoms with Crippen molar-refractivity contribution in [3.8, 4) is 6.19 Å². The lowest BCUT2D eigenvalue weighted by Gasteiger charge is -2.35. The zero-order valence-corrected chi connectivity index (χ0v) is 19.0. The van der Waals surface area contributed by atoms with Gasteiger partial charge < -0.3 is 4.90 Å². The third-order valence-corrected chi connectivity index (χ3v) is 8.12. The van der Waals surface area contributed by atoms with Gasteiger partial charge in [-0.2, -0.15) is 5.26 Å². The number of benzene rings is 1. The number of likely N-dealkylation sites (tertiary alicyclic amines) is 1. The number of hydrogen-bond donors (Lipinski definition) is 1. The van der Waals surface area contributed by atoms with Crippen molar-refractivity contribution in [2.24, 2.45) is 11.8 Å². The summed E-state index contributed by atoms with van der Waals surface area (Å²) in [7, 11) is 0. The maximum Gasteiger partial charge on any atom is 0.331 e. The average Bonchev–Trinajstić information content (AvgIpc) is 3.69. The zero-order valence-electron chi connectivity index (χ0n) is 18.1. The molecule has 2 saturated carbocycles. The molecule has 2 heterocycles. The molecule has 5 rings (SSSR count). The van der Waals surface area contributed by atoms with Gasteiger partial charge in [0.25, 0.3) is 5.56 Å². The van der Waals surface area contributed by atoms with E-state index in [1.165, 1.54) is 17.4 Å². The molecule has 164 valence electrons. The first-order chi connectivity index (χ1) is 14.9. The summed E-state index contributed by atoms with van der Waals surface area (Å²) < 4.78 is 6.82. The van der Waals surface area contributed by atoms with Crippen LogP contribution >= 0.6 is 11.9 Å². The standard InChI is InChI=1S/C23H29N5O2S/c1-15-12-26(14-24)10-7-19(15)28-21(29)18-11-17(31-25-23(2)8-9-23)5-6-20(18)27(22(28)30)13-16-3-4-16/h5-6,11,15-16,19,25H,3-4,7-10,12-13H2,1-2H3. The third kappa shape index (κ3) is 4.01. The molecule has 31 heavy (non-hydrogen) atoms. The molecule has 7 nitrogen and oxygen atoms in total. The van der Waals surface area contributed by atoms with Crippen molar-refractivity contribution >= 4 is 22.9 Å². The Morgan fingerprint density at radius 2 is 2.03 bits per heavy atom. The maximum absolute atomic E-state index is 13.6. The summed E-state index contributed by atoms with van der Waals surface area (Å²) in [5.74, 6) is 0.579. The molecule has 3 fully saturated rings. The predicted octanol–water partition coefficient (Wildman–Crippen LogP) is 3.09. The van der Waals surface area contributed by atoms with Crippen LogP contribution in [0.15, 0.2) is 32.7 Å². The second-order valence-electron chi connectivity index (χ2n) is 9.83. The third-order valence-electron chi connectivity index (χ3n) is 7.03. The topological polar surface area (TPSA) is 83.1 Å². The van der Waals surface area contributed by atoms with Crippen molar-refractivity contribution in [3.05, 3.63) is 39.0 Å². The molecule has 1 aromatic carbocycles. The minimum atomic E-state index is -0.200. The van der Waals surface area contributed by atoms with Gasteiger partial charge in [0.05, 0.1) is 10.9 Å². The normalized spacial score (nSPS) is 24.9. The molecule has 2 unspecified atom stereocenters. The van der Waals surface area contributed by atoms with Gasteiger partial charge in [-0.05, 0) is 81.0 Å². The van der Waals surface area contributed by atoms with Crippen LogP contribution in [-0.2, 0) is 6.54 Å². The highest BCUT2D eigenvalue weighted by atomic mass is 32.2. The molecule has 8 heteroatoms. The summed E-state index contributed by atoms with van der Waals surface area (Å²) >= 11 is 1.57. The smallest absolute Gasteiger partial charge is 0.310 e. The van der Waals surface area contributed by atoms with Crippen LogP contribution in [-0.4, -0.2) is 32.7 Å². The Labute approximate surface area is 186 Å². The van der Waals surface area contributed by atoms with Crippen LogP contribution < -0.4 is 16.0 Å². The SMILES string of the molecule is CC1CN(C#N)CCC1n1c(=O)c2cc(SNC3(C)CC3)ccc2n(CC2CC2)c1=O. The predicted molar refractivity (Wildman–Crippen MR) is 122 cm³/mol. The molecular weight excluding hydrogens is 410 g/mol. The molecule has 2 atom stereocenters. The molecule has 1 N–H and O–H groups in total. The van der Waals surface area contributed by atoms with Crippen LogP contribution in [0.3, 0.4) is 0 Å². The summed E-state index contributed by atoms with van der Waals surface area (Å²) in [6.07, 6.45) is 7.45. The minimum absolute atomic E-state index is 0.0552. The number of nitrogens with zero attached hydrogens (tertiary/aromatic N) is 4. The summed E-state index contributed by atoms with van der Waals surface area (Å²) in [6.45, 7) is 6.06. The van der Waals surface area contributed by atoms with E-state index in [1.807, 2.05) is 29.7 Å². The van der Waals surface area contributed by atoms with Gasteiger partial charge in [0, 0.05) is 36.1 Å². The number of rotatable bonds is 6. The largest absolute Gasteiger partial charge is 0.331 e. The fourth-order valence-corrected chi connectivity index (χ4v) is 5.42. The summed E-state index contributed by atoms with van der Waals surface area (Å²) in [4.78, 5) is 29.9. The second kappa shape index (κ2) is 7.72. The number of aromatic nitrogens is 2. The van der Waals surface area contributed by atoms with Crippen LogP contribution in [0.1, 0.15) is 52.0 Å². The highest BCUT2D eigenvalue weighted by Crippen LogP contribution is 2.38. The number of piperidine rings is 1. The summed E-state index contributed by atoms with van der Waals surface area (Å²) in [6, 6.07) is 5.70. The van der Waals surface area contributed by atoms with Gasteiger partial charge in [-0.25, -0.2) is 4.79 Å². The van der Waals surface area contributed by atoms with E-state index in [1.54, 1.807) is 16.8 Å². The molecule has 0 amide bonds. The van der Waals surface area contributed by atoms with Crippen LogP contribution in [0.2, 0.25) is 0 Å². The summed E-state index contributed by atoms with van der Waals surface area (Å²) in [5.41, 5.74) is 0.529. The van der Waals surface area contributed by atoms with Gasteiger partial charge in [-0.15, -0.1) is 0 Å². The van der Waals surface area contributed by atoms with E-state index in [0.717, 1.165) is 23.3 Å². The number of nitrogens with one attached hydrogen (secondary N) is 1. The molecule has 1 aliphatic heterocycles. The van der Waals surface area contributed by atoms with Crippen molar-refractivity contribution in [1.82, 2.24) is 18.8 Å². The Balaban J connectivity index is 1.59. The molecule has 0 radical (unpaired) electrons. The molecule has 3 aliphatic rings. The summed E-state index contributed by atoms with van der Waals surface area (Å²) in [5, 5.41) is 9.86. The lowest BCUT2D eigenvalue weighted by atomic mass is 9.94. The molecular formula is C23H29N5O2S. The molecule has 2 aliphatic carbocycles. The Morgan fingerprint density at radius 3 is 2.68 bits per heavy atom. The first kappa shape index (κ1) is 20.7. The maximum atomic E-state index is 13.6. The number of hydrogen-bond acceptors (Lipinski definition) is 6. The van der Waals surface area contributed by atoms with E-state index in [4.69, 9.17) is 0 Å². The molecule has 1 aromatic heterocycles. The van der Waals surface area contributed by atoms with E-state index >= 15 is 0 Å². The first-order valence-electron chi connectivity index (χ1n) is 11.3. The molecule has 2 aromatic rings. The van der Waals surface area contributed by atoms with Gasteiger partial charge in [0.15, 0.2) is 6.19 Å². The van der Waals surface area contributed by atoms with E-state index in [2.05, 4.69) is 17.8 Å². The Kier molecular flexibility index (Phi) is 5.14. The fraction of sp³-hybridized carbons (Fsp3) is 0.609. The van der Waals surface area contributed by atoms with Crippen molar-refractivity contribution in [2.75, 3.05) is 13.1 Å². The van der Waals surface area contributed by atoms with Gasteiger partial charge in [0.2, 0.25) is 0 Å². The van der Waals surface area contributed by atoms with E-state index < -0.39 is 0 Å². The van der Waals surface area contributed by atoms with Crippen LogP contribution in [0, 0.1) is 23.3 Å². The highest BCUT2D eigenvalue weighted by molar-refractivity contribution is 7.97. The molecule has 0 bridgehead atoms. The lowest BCUT2D eigenvalue weighted by molar-refractivity contribution is 0.175.